The van der Waals surface area contributed by atoms with Crippen LogP contribution in [0.3, 0.4) is 0 Å². The van der Waals surface area contributed by atoms with E-state index in [4.69, 9.17) is 20.1 Å². The molecule has 21 heavy (non-hydrogen) atoms. The lowest BCUT2D eigenvalue weighted by Gasteiger charge is -2.42. The van der Waals surface area contributed by atoms with Crippen LogP contribution < -0.4 is 0 Å². The summed E-state index contributed by atoms with van der Waals surface area (Å²) in [5.41, 5.74) is -3.81. The molecule has 128 valence electrons. The zero-order chi connectivity index (χ0) is 16.7. The highest BCUT2D eigenvalue weighted by Gasteiger charge is 2.56. The summed E-state index contributed by atoms with van der Waals surface area (Å²) >= 11 is 0. The van der Waals surface area contributed by atoms with Crippen molar-refractivity contribution in [3.8, 4) is 0 Å². The van der Waals surface area contributed by atoms with Crippen LogP contribution in [0.5, 0.6) is 0 Å². The quantitative estimate of drug-likeness (QED) is 0.173. The van der Waals surface area contributed by atoms with Crippen LogP contribution in [-0.2, 0) is 9.47 Å². The van der Waals surface area contributed by atoms with Crippen LogP contribution >= 0.6 is 0 Å². The van der Waals surface area contributed by atoms with Gasteiger partial charge in [0.05, 0.1) is 45.1 Å². The largest absolute Gasteiger partial charge is 0.396 e. The molecule has 0 fully saturated rings. The fraction of sp³-hybridized carbons (Fsp3) is 1.00. The van der Waals surface area contributed by atoms with Crippen LogP contribution in [0.4, 0.5) is 0 Å². The van der Waals surface area contributed by atoms with E-state index < -0.39 is 62.7 Å². The number of hydrogen-bond donors (Lipinski definition) is 8. The number of aliphatic hydroxyl groups is 8. The van der Waals surface area contributed by atoms with Crippen LogP contribution in [0.25, 0.3) is 0 Å². The number of rotatable bonds is 11. The molecule has 0 bridgehead atoms. The second kappa shape index (κ2) is 8.29. The van der Waals surface area contributed by atoms with E-state index in [9.17, 15) is 25.5 Å². The first-order valence-electron chi connectivity index (χ1n) is 6.08. The molecule has 0 heterocycles. The van der Waals surface area contributed by atoms with Crippen LogP contribution in [0.15, 0.2) is 0 Å². The van der Waals surface area contributed by atoms with Gasteiger partial charge in [-0.25, -0.2) is 0 Å². The van der Waals surface area contributed by atoms with Crippen molar-refractivity contribution in [2.45, 2.75) is 12.3 Å². The second-order valence-corrected chi connectivity index (χ2v) is 4.97. The lowest BCUT2D eigenvalue weighted by atomic mass is 9.85. The van der Waals surface area contributed by atoms with Crippen molar-refractivity contribution < 1.29 is 50.3 Å². The fourth-order valence-electron chi connectivity index (χ4n) is 1.51. The SMILES string of the molecule is COC(O)(O)C(CO)(COCC(CO)(CO)CO)C(O)O. The van der Waals surface area contributed by atoms with Crippen molar-refractivity contribution in [1.82, 2.24) is 0 Å². The molecule has 0 aromatic heterocycles. The number of hydrogen-bond acceptors (Lipinski definition) is 10. The minimum absolute atomic E-state index is 0.440. The molecule has 1 atom stereocenters. The van der Waals surface area contributed by atoms with E-state index in [1.807, 2.05) is 0 Å². The molecular weight excluding hydrogens is 292 g/mol. The van der Waals surface area contributed by atoms with Gasteiger partial charge in [0.25, 0.3) is 5.97 Å². The second-order valence-electron chi connectivity index (χ2n) is 4.97. The van der Waals surface area contributed by atoms with E-state index in [0.29, 0.717) is 0 Å². The molecule has 0 amide bonds. The van der Waals surface area contributed by atoms with Crippen molar-refractivity contribution in [3.05, 3.63) is 0 Å². The van der Waals surface area contributed by atoms with Crippen LogP contribution in [0, 0.1) is 10.8 Å². The van der Waals surface area contributed by atoms with Gasteiger partial charge in [-0.15, -0.1) is 0 Å². The molecule has 0 saturated carbocycles. The summed E-state index contributed by atoms with van der Waals surface area (Å²) in [6.07, 6.45) is -2.41. The normalized spacial score (nSPS) is 16.3. The molecule has 0 rings (SSSR count). The first-order chi connectivity index (χ1) is 9.70. The number of ether oxygens (including phenoxy) is 2. The van der Waals surface area contributed by atoms with Gasteiger partial charge in [0.1, 0.15) is 5.41 Å². The Labute approximate surface area is 121 Å². The summed E-state index contributed by atoms with van der Waals surface area (Å²) < 4.78 is 9.34. The minimum atomic E-state index is -3.11. The molecule has 0 saturated heterocycles. The van der Waals surface area contributed by atoms with Gasteiger partial charge in [0.2, 0.25) is 0 Å². The molecule has 0 radical (unpaired) electrons. The molecule has 0 aliphatic rings. The highest BCUT2D eigenvalue weighted by molar-refractivity contribution is 4.89. The maximum absolute atomic E-state index is 9.63. The maximum atomic E-state index is 9.63. The van der Waals surface area contributed by atoms with Gasteiger partial charge in [-0.3, -0.25) is 0 Å². The standard InChI is InChI=1S/C11H24O10/c1-20-11(18,19)10(5-15,8(16)17)7-21-6-9(2-12,3-13)4-14/h8,12-19H,2-7H2,1H3. The van der Waals surface area contributed by atoms with Crippen molar-refractivity contribution in [2.24, 2.45) is 10.8 Å². The Morgan fingerprint density at radius 2 is 1.33 bits per heavy atom. The predicted molar refractivity (Wildman–Crippen MR) is 66.4 cm³/mol. The summed E-state index contributed by atoms with van der Waals surface area (Å²) in [6.45, 7) is -4.23. The van der Waals surface area contributed by atoms with Crippen molar-refractivity contribution in [3.63, 3.8) is 0 Å². The molecule has 1 unspecified atom stereocenters. The molecule has 10 nitrogen and oxygen atoms in total. The predicted octanol–water partition coefficient (Wildman–Crippen LogP) is -4.46. The van der Waals surface area contributed by atoms with Gasteiger partial charge < -0.3 is 50.3 Å². The van der Waals surface area contributed by atoms with E-state index in [1.54, 1.807) is 0 Å². The topological polar surface area (TPSA) is 180 Å². The highest BCUT2D eigenvalue weighted by atomic mass is 16.8. The Hall–Kier alpha value is -0.400. The zero-order valence-corrected chi connectivity index (χ0v) is 11.7. The molecule has 0 aromatic carbocycles. The van der Waals surface area contributed by atoms with Crippen molar-refractivity contribution >= 4 is 0 Å². The van der Waals surface area contributed by atoms with Crippen molar-refractivity contribution in [2.75, 3.05) is 46.8 Å². The van der Waals surface area contributed by atoms with Gasteiger partial charge >= 0.3 is 0 Å². The summed E-state index contributed by atoms with van der Waals surface area (Å²) in [7, 11) is 0.867. The van der Waals surface area contributed by atoms with E-state index in [-0.39, 0.29) is 0 Å². The molecule has 0 aliphatic carbocycles. The molecule has 0 aromatic rings. The molecule has 8 N–H and O–H groups in total. The average molecular weight is 316 g/mol. The molecule has 0 aliphatic heterocycles. The Morgan fingerprint density at radius 3 is 1.62 bits per heavy atom. The highest BCUT2D eigenvalue weighted by Crippen LogP contribution is 2.34. The zero-order valence-electron chi connectivity index (χ0n) is 11.7. The molecule has 0 spiro atoms. The van der Waals surface area contributed by atoms with Crippen LogP contribution in [-0.4, -0.2) is 99.9 Å². The van der Waals surface area contributed by atoms with Gasteiger partial charge in [-0.1, -0.05) is 0 Å². The monoisotopic (exact) mass is 316 g/mol. The summed E-state index contributed by atoms with van der Waals surface area (Å²) in [4.78, 5) is 0. The first-order valence-corrected chi connectivity index (χ1v) is 6.08. The van der Waals surface area contributed by atoms with Gasteiger partial charge in [0, 0.05) is 7.11 Å². The van der Waals surface area contributed by atoms with Gasteiger partial charge in [-0.05, 0) is 0 Å². The van der Waals surface area contributed by atoms with E-state index >= 15 is 0 Å². The maximum Gasteiger partial charge on any atom is 0.293 e. The summed E-state index contributed by atoms with van der Waals surface area (Å²) in [5, 5.41) is 74.4. The smallest absolute Gasteiger partial charge is 0.293 e. The van der Waals surface area contributed by atoms with Crippen LogP contribution in [0.1, 0.15) is 0 Å². The molecule has 10 heteroatoms. The van der Waals surface area contributed by atoms with Crippen molar-refractivity contribution in [1.29, 1.82) is 0 Å². The summed E-state index contributed by atoms with van der Waals surface area (Å²) in [5.74, 6) is -3.11. The third kappa shape index (κ3) is 4.29. The van der Waals surface area contributed by atoms with E-state index in [2.05, 4.69) is 4.74 Å². The Balaban J connectivity index is 5.03. The van der Waals surface area contributed by atoms with Gasteiger partial charge in [0.15, 0.2) is 6.29 Å². The average Bonchev–Trinajstić information content (AvgIpc) is 2.48. The van der Waals surface area contributed by atoms with E-state index in [1.165, 1.54) is 0 Å². The third-order valence-corrected chi connectivity index (χ3v) is 3.48. The Morgan fingerprint density at radius 1 is 0.857 bits per heavy atom. The number of methoxy groups -OCH3 is 1. The Bertz CT molecular complexity index is 282. The fourth-order valence-corrected chi connectivity index (χ4v) is 1.51. The third-order valence-electron chi connectivity index (χ3n) is 3.48. The lowest BCUT2D eigenvalue weighted by Crippen LogP contribution is -2.61. The minimum Gasteiger partial charge on any atom is -0.396 e. The summed E-state index contributed by atoms with van der Waals surface area (Å²) in [6, 6.07) is 0. The van der Waals surface area contributed by atoms with E-state index in [0.717, 1.165) is 7.11 Å². The first kappa shape index (κ1) is 20.6. The van der Waals surface area contributed by atoms with Crippen LogP contribution in [0.2, 0.25) is 0 Å². The Kier molecular flexibility index (Phi) is 8.13. The van der Waals surface area contributed by atoms with Gasteiger partial charge in [-0.2, -0.15) is 0 Å². The molecular formula is C11H24O10. The lowest BCUT2D eigenvalue weighted by molar-refractivity contribution is -0.427. The number of aliphatic hydroxyl groups excluding tert-OH is 5.